The monoisotopic (exact) mass is 458 g/mol. The van der Waals surface area contributed by atoms with Crippen LogP contribution in [0.2, 0.25) is 0 Å². The Morgan fingerprint density at radius 3 is 2.35 bits per heavy atom. The largest absolute Gasteiger partial charge is 0.384 e. The smallest absolute Gasteiger partial charge is 0.252 e. The van der Waals surface area contributed by atoms with Crippen LogP contribution in [-0.2, 0) is 11.2 Å². The Kier molecular flexibility index (Phi) is 7.27. The minimum absolute atomic E-state index is 0.128. The summed E-state index contributed by atoms with van der Waals surface area (Å²) in [5, 5.41) is 6.61. The van der Waals surface area contributed by atoms with E-state index in [0.717, 1.165) is 44.0 Å². The molecule has 4 N–H and O–H groups in total. The molecule has 3 aromatic rings. The predicted octanol–water partition coefficient (Wildman–Crippen LogP) is 3.25. The molecule has 1 fully saturated rings. The fourth-order valence-electron chi connectivity index (χ4n) is 4.04. The number of carbonyl (C=O) groups is 2. The first-order valence-electron chi connectivity index (χ1n) is 11.4. The Morgan fingerprint density at radius 1 is 1.00 bits per heavy atom. The average Bonchev–Trinajstić information content (AvgIpc) is 2.85. The minimum atomic E-state index is -0.518. The van der Waals surface area contributed by atoms with Gasteiger partial charge in [-0.15, -0.1) is 0 Å². The van der Waals surface area contributed by atoms with Gasteiger partial charge in [0, 0.05) is 63.3 Å². The van der Waals surface area contributed by atoms with Crippen molar-refractivity contribution in [2.75, 3.05) is 48.3 Å². The number of nitrogens with two attached hydrogens (primary N) is 1. The number of aromatic nitrogens is 1. The molecule has 0 bridgehead atoms. The van der Waals surface area contributed by atoms with Crippen molar-refractivity contribution in [1.29, 1.82) is 0 Å². The zero-order valence-electron chi connectivity index (χ0n) is 19.3. The summed E-state index contributed by atoms with van der Waals surface area (Å²) in [5.41, 5.74) is 9.78. The second kappa shape index (κ2) is 10.7. The molecule has 0 aliphatic carbocycles. The van der Waals surface area contributed by atoms with E-state index in [9.17, 15) is 9.59 Å². The van der Waals surface area contributed by atoms with Gasteiger partial charge in [0.15, 0.2) is 0 Å². The van der Waals surface area contributed by atoms with E-state index in [-0.39, 0.29) is 5.91 Å². The van der Waals surface area contributed by atoms with Crippen LogP contribution in [0.15, 0.2) is 66.9 Å². The number of hydrogen-bond acceptors (Lipinski definition) is 6. The van der Waals surface area contributed by atoms with E-state index >= 15 is 0 Å². The van der Waals surface area contributed by atoms with Gasteiger partial charge in [0.2, 0.25) is 5.91 Å². The first kappa shape index (κ1) is 23.1. The number of anilines is 4. The zero-order valence-corrected chi connectivity index (χ0v) is 19.3. The van der Waals surface area contributed by atoms with Crippen molar-refractivity contribution >= 4 is 34.7 Å². The maximum Gasteiger partial charge on any atom is 0.252 e. The molecule has 176 valence electrons. The normalized spacial score (nSPS) is 13.4. The second-order valence-electron chi connectivity index (χ2n) is 8.31. The van der Waals surface area contributed by atoms with Crippen LogP contribution >= 0.6 is 0 Å². The topological polar surface area (TPSA) is 104 Å². The molecule has 0 saturated carbocycles. The summed E-state index contributed by atoms with van der Waals surface area (Å²) in [6, 6.07) is 20.1. The Morgan fingerprint density at radius 2 is 1.71 bits per heavy atom. The van der Waals surface area contributed by atoms with Gasteiger partial charge in [-0.2, -0.15) is 0 Å². The zero-order chi connectivity index (χ0) is 23.9. The van der Waals surface area contributed by atoms with Crippen LogP contribution in [-0.4, -0.2) is 54.4 Å². The molecule has 1 aliphatic rings. The molecule has 8 nitrogen and oxygen atoms in total. The fourth-order valence-corrected chi connectivity index (χ4v) is 4.04. The number of piperazine rings is 1. The number of pyridine rings is 1. The van der Waals surface area contributed by atoms with Crippen molar-refractivity contribution in [3.05, 3.63) is 78.0 Å². The average molecular weight is 459 g/mol. The number of carbonyl (C=O) groups excluding carboxylic acids is 2. The molecular formula is C26H30N6O2. The van der Waals surface area contributed by atoms with Gasteiger partial charge in [0.1, 0.15) is 5.82 Å². The third-order valence-corrected chi connectivity index (χ3v) is 5.97. The highest BCUT2D eigenvalue weighted by Gasteiger charge is 2.18. The van der Waals surface area contributed by atoms with E-state index in [2.05, 4.69) is 44.8 Å². The number of hydrogen-bond donors (Lipinski definition) is 3. The maximum absolute atomic E-state index is 11.9. The lowest BCUT2D eigenvalue weighted by Gasteiger charge is -2.35. The van der Waals surface area contributed by atoms with Gasteiger partial charge in [-0.05, 0) is 36.2 Å². The van der Waals surface area contributed by atoms with E-state index < -0.39 is 5.91 Å². The number of amides is 2. The van der Waals surface area contributed by atoms with Crippen LogP contribution in [0.5, 0.6) is 0 Å². The Labute approximate surface area is 199 Å². The maximum atomic E-state index is 11.9. The number of primary amides is 1. The van der Waals surface area contributed by atoms with E-state index in [4.69, 9.17) is 5.73 Å². The Hall–Kier alpha value is -4.07. The van der Waals surface area contributed by atoms with Crippen LogP contribution in [0.1, 0.15) is 22.8 Å². The van der Waals surface area contributed by atoms with Crippen molar-refractivity contribution in [3.63, 3.8) is 0 Å². The summed E-state index contributed by atoms with van der Waals surface area (Å²) in [4.78, 5) is 31.9. The van der Waals surface area contributed by atoms with Crippen LogP contribution in [0.3, 0.4) is 0 Å². The van der Waals surface area contributed by atoms with Crippen molar-refractivity contribution in [2.45, 2.75) is 13.3 Å². The number of nitrogens with one attached hydrogen (secondary N) is 2. The molecule has 34 heavy (non-hydrogen) atoms. The SMILES string of the molecule is CC(=O)N1CCN(c2ccc(Nc3cc(NCCc4ccccc4)c(C(N)=O)cn3)cc2)CC1. The molecule has 2 amide bonds. The van der Waals surface area contributed by atoms with Crippen molar-refractivity contribution in [3.8, 4) is 0 Å². The molecule has 1 aromatic heterocycles. The molecule has 2 heterocycles. The summed E-state index contributed by atoms with van der Waals surface area (Å²) < 4.78 is 0. The summed E-state index contributed by atoms with van der Waals surface area (Å²) in [5.74, 6) is 0.230. The molecule has 0 spiro atoms. The fraction of sp³-hybridized carbons (Fsp3) is 0.269. The van der Waals surface area contributed by atoms with E-state index in [1.807, 2.05) is 35.2 Å². The lowest BCUT2D eigenvalue weighted by atomic mass is 10.1. The minimum Gasteiger partial charge on any atom is -0.384 e. The number of nitrogens with zero attached hydrogens (tertiary/aromatic N) is 3. The van der Waals surface area contributed by atoms with Crippen LogP contribution in [0.25, 0.3) is 0 Å². The lowest BCUT2D eigenvalue weighted by Crippen LogP contribution is -2.48. The first-order chi connectivity index (χ1) is 16.5. The van der Waals surface area contributed by atoms with Crippen molar-refractivity contribution in [1.82, 2.24) is 9.88 Å². The number of benzene rings is 2. The van der Waals surface area contributed by atoms with E-state index in [1.54, 1.807) is 13.0 Å². The third kappa shape index (κ3) is 5.83. The van der Waals surface area contributed by atoms with Gasteiger partial charge < -0.3 is 26.2 Å². The molecule has 2 aromatic carbocycles. The van der Waals surface area contributed by atoms with Crippen molar-refractivity contribution in [2.24, 2.45) is 5.73 Å². The molecule has 0 unspecified atom stereocenters. The Bertz CT molecular complexity index is 1130. The molecule has 1 saturated heterocycles. The van der Waals surface area contributed by atoms with Gasteiger partial charge in [-0.1, -0.05) is 30.3 Å². The standard InChI is InChI=1S/C26H30N6O2/c1-19(33)31-13-15-32(16-14-31)22-9-7-21(8-10-22)30-25-17-24(23(18-29-25)26(27)34)28-12-11-20-5-3-2-4-6-20/h2-10,17-18H,11-16H2,1H3,(H2,27,34)(H2,28,29,30). The molecule has 1 aliphatic heterocycles. The number of rotatable bonds is 8. The first-order valence-corrected chi connectivity index (χ1v) is 11.4. The summed E-state index contributed by atoms with van der Waals surface area (Å²) in [7, 11) is 0. The summed E-state index contributed by atoms with van der Waals surface area (Å²) in [6.45, 7) is 5.40. The Balaban J connectivity index is 1.39. The summed E-state index contributed by atoms with van der Waals surface area (Å²) >= 11 is 0. The van der Waals surface area contributed by atoms with Crippen LogP contribution in [0.4, 0.5) is 22.9 Å². The van der Waals surface area contributed by atoms with E-state index in [0.29, 0.717) is 23.6 Å². The summed E-state index contributed by atoms with van der Waals surface area (Å²) in [6.07, 6.45) is 2.32. The van der Waals surface area contributed by atoms with E-state index in [1.165, 1.54) is 11.8 Å². The van der Waals surface area contributed by atoms with Gasteiger partial charge in [0.25, 0.3) is 5.91 Å². The van der Waals surface area contributed by atoms with Gasteiger partial charge >= 0.3 is 0 Å². The molecule has 4 rings (SSSR count). The van der Waals surface area contributed by atoms with Gasteiger partial charge in [-0.3, -0.25) is 9.59 Å². The molecule has 8 heteroatoms. The quantitative estimate of drug-likeness (QED) is 0.479. The highest BCUT2D eigenvalue weighted by Crippen LogP contribution is 2.24. The molecule has 0 radical (unpaired) electrons. The predicted molar refractivity (Wildman–Crippen MR) is 136 cm³/mol. The second-order valence-corrected chi connectivity index (χ2v) is 8.31. The van der Waals surface area contributed by atoms with Crippen LogP contribution < -0.4 is 21.3 Å². The molecular weight excluding hydrogens is 428 g/mol. The van der Waals surface area contributed by atoms with Crippen LogP contribution in [0, 0.1) is 0 Å². The van der Waals surface area contributed by atoms with Gasteiger partial charge in [0.05, 0.1) is 11.3 Å². The van der Waals surface area contributed by atoms with Gasteiger partial charge in [-0.25, -0.2) is 4.98 Å². The highest BCUT2D eigenvalue weighted by atomic mass is 16.2. The van der Waals surface area contributed by atoms with Crippen molar-refractivity contribution < 1.29 is 9.59 Å². The lowest BCUT2D eigenvalue weighted by molar-refractivity contribution is -0.129. The third-order valence-electron chi connectivity index (χ3n) is 5.97. The molecule has 0 atom stereocenters. The highest BCUT2D eigenvalue weighted by molar-refractivity contribution is 5.98.